The Morgan fingerprint density at radius 1 is 1.05 bits per heavy atom. The quantitative estimate of drug-likeness (QED) is 0.717. The van der Waals surface area contributed by atoms with Crippen LogP contribution in [-0.4, -0.2) is 21.1 Å². The van der Waals surface area contributed by atoms with E-state index in [1.807, 2.05) is 0 Å². The van der Waals surface area contributed by atoms with E-state index in [2.05, 4.69) is 0 Å². The number of benzene rings is 2. The molecule has 2 aromatic rings. The summed E-state index contributed by atoms with van der Waals surface area (Å²) in [6.45, 7) is -0.228. The lowest BCUT2D eigenvalue weighted by molar-refractivity contribution is -0.114. The highest BCUT2D eigenvalue weighted by Gasteiger charge is 2.04. The lowest BCUT2D eigenvalue weighted by atomic mass is 10.0. The lowest BCUT2D eigenvalue weighted by Crippen LogP contribution is -1.97. The molecule has 0 aliphatic rings. The van der Waals surface area contributed by atoms with E-state index in [9.17, 15) is 15.0 Å². The molecule has 2 aromatic carbocycles. The minimum atomic E-state index is -0.228. The average Bonchev–Trinajstić information content (AvgIpc) is 2.53. The number of carbonyl (C=O) groups is 1. The first kappa shape index (κ1) is 15.8. The average molecular weight is 298 g/mol. The normalized spacial score (nSPS) is 11.0. The second-order valence-corrected chi connectivity index (χ2v) is 5.01. The van der Waals surface area contributed by atoms with Gasteiger partial charge in [-0.05, 0) is 47.9 Å². The van der Waals surface area contributed by atoms with Gasteiger partial charge in [0, 0.05) is 12.0 Å². The smallest absolute Gasteiger partial charge is 0.156 e. The number of ketones is 1. The third-order valence-electron chi connectivity index (χ3n) is 3.33. The van der Waals surface area contributed by atoms with Crippen molar-refractivity contribution in [1.82, 2.24) is 0 Å². The van der Waals surface area contributed by atoms with E-state index in [1.54, 1.807) is 42.5 Å². The number of allylic oxidation sites excluding steroid dienone is 1. The molecule has 0 saturated carbocycles. The van der Waals surface area contributed by atoms with Gasteiger partial charge in [-0.2, -0.15) is 0 Å². The molecule has 22 heavy (non-hydrogen) atoms. The van der Waals surface area contributed by atoms with Crippen molar-refractivity contribution in [1.29, 1.82) is 0 Å². The summed E-state index contributed by atoms with van der Waals surface area (Å²) in [4.78, 5) is 11.8. The first-order valence-corrected chi connectivity index (χ1v) is 7.00. The summed E-state index contributed by atoms with van der Waals surface area (Å²) in [6, 6.07) is 11.6. The van der Waals surface area contributed by atoms with E-state index in [0.29, 0.717) is 18.4 Å². The van der Waals surface area contributed by atoms with Gasteiger partial charge in [-0.25, -0.2) is 0 Å². The summed E-state index contributed by atoms with van der Waals surface area (Å²) in [5.74, 6) is 0.243. The summed E-state index contributed by atoms with van der Waals surface area (Å²) >= 11 is 0. The van der Waals surface area contributed by atoms with Gasteiger partial charge in [0.05, 0.1) is 6.61 Å². The van der Waals surface area contributed by atoms with Crippen molar-refractivity contribution >= 4 is 11.9 Å². The van der Waals surface area contributed by atoms with Crippen LogP contribution < -0.4 is 0 Å². The van der Waals surface area contributed by atoms with Crippen LogP contribution in [0.5, 0.6) is 11.5 Å². The van der Waals surface area contributed by atoms with Crippen molar-refractivity contribution in [3.8, 4) is 11.5 Å². The second-order valence-electron chi connectivity index (χ2n) is 5.01. The minimum absolute atomic E-state index is 0.00769. The fourth-order valence-corrected chi connectivity index (χ4v) is 2.05. The van der Waals surface area contributed by atoms with Crippen LogP contribution >= 0.6 is 0 Å². The molecule has 4 nitrogen and oxygen atoms in total. The highest BCUT2D eigenvalue weighted by atomic mass is 16.3. The van der Waals surface area contributed by atoms with Crippen LogP contribution in [0.4, 0.5) is 0 Å². The predicted octanol–water partition coefficient (Wildman–Crippen LogP) is 2.81. The summed E-state index contributed by atoms with van der Waals surface area (Å²) in [6.07, 6.45) is 4.12. The standard InChI is InChI=1S/C18H18O4/c19-12-15-11-14(5-10-18(15)22)4-9-17(21)8-3-13-1-6-16(20)7-2-13/h1-3,5-8,10-11,19-20,22H,4,9,12H2/b8-3+. The Hall–Kier alpha value is -2.59. The predicted molar refractivity (Wildman–Crippen MR) is 84.5 cm³/mol. The monoisotopic (exact) mass is 298 g/mol. The molecule has 4 heteroatoms. The van der Waals surface area contributed by atoms with Crippen molar-refractivity contribution in [2.75, 3.05) is 0 Å². The Kier molecular flexibility index (Phi) is 5.33. The molecule has 0 unspecified atom stereocenters. The number of aliphatic hydroxyl groups excluding tert-OH is 1. The third kappa shape index (κ3) is 4.46. The SMILES string of the molecule is O=C(/C=C/c1ccc(O)cc1)CCc1ccc(O)c(CO)c1. The maximum absolute atomic E-state index is 11.8. The van der Waals surface area contributed by atoms with E-state index in [0.717, 1.165) is 11.1 Å². The van der Waals surface area contributed by atoms with Crippen LogP contribution in [0.3, 0.4) is 0 Å². The maximum Gasteiger partial charge on any atom is 0.156 e. The van der Waals surface area contributed by atoms with Gasteiger partial charge >= 0.3 is 0 Å². The number of carbonyl (C=O) groups excluding carboxylic acids is 1. The van der Waals surface area contributed by atoms with E-state index in [4.69, 9.17) is 5.11 Å². The van der Waals surface area contributed by atoms with Gasteiger partial charge in [0.2, 0.25) is 0 Å². The second kappa shape index (κ2) is 7.43. The van der Waals surface area contributed by atoms with Gasteiger partial charge in [-0.1, -0.05) is 24.3 Å². The van der Waals surface area contributed by atoms with Crippen molar-refractivity contribution in [3.63, 3.8) is 0 Å². The number of hydrogen-bond acceptors (Lipinski definition) is 4. The number of phenols is 2. The first-order valence-electron chi connectivity index (χ1n) is 7.00. The molecule has 0 spiro atoms. The van der Waals surface area contributed by atoms with Crippen LogP contribution in [0.1, 0.15) is 23.1 Å². The van der Waals surface area contributed by atoms with E-state index in [-0.39, 0.29) is 23.9 Å². The Bertz CT molecular complexity index is 672. The van der Waals surface area contributed by atoms with Crippen molar-refractivity contribution in [3.05, 3.63) is 65.2 Å². The number of aromatic hydroxyl groups is 2. The summed E-state index contributed by atoms with van der Waals surface area (Å²) in [5, 5.41) is 27.8. The highest BCUT2D eigenvalue weighted by molar-refractivity contribution is 5.93. The van der Waals surface area contributed by atoms with Gasteiger partial charge in [0.1, 0.15) is 11.5 Å². The Morgan fingerprint density at radius 2 is 1.77 bits per heavy atom. The Morgan fingerprint density at radius 3 is 2.45 bits per heavy atom. The van der Waals surface area contributed by atoms with Crippen LogP contribution in [0.25, 0.3) is 6.08 Å². The highest BCUT2D eigenvalue weighted by Crippen LogP contribution is 2.19. The van der Waals surface area contributed by atoms with Crippen molar-refractivity contribution in [2.45, 2.75) is 19.4 Å². The molecular weight excluding hydrogens is 280 g/mol. The number of aryl methyl sites for hydroxylation is 1. The van der Waals surface area contributed by atoms with Crippen LogP contribution in [0.15, 0.2) is 48.5 Å². The van der Waals surface area contributed by atoms with Gasteiger partial charge in [-0.15, -0.1) is 0 Å². The number of phenolic OH excluding ortho intramolecular Hbond substituents is 1. The molecule has 0 saturated heterocycles. The fourth-order valence-electron chi connectivity index (χ4n) is 2.05. The van der Waals surface area contributed by atoms with Gasteiger partial charge in [0.15, 0.2) is 5.78 Å². The Balaban J connectivity index is 1.91. The van der Waals surface area contributed by atoms with Crippen molar-refractivity contribution in [2.24, 2.45) is 0 Å². The molecule has 0 aromatic heterocycles. The first-order chi connectivity index (χ1) is 10.6. The molecular formula is C18H18O4. The molecule has 0 heterocycles. The Labute approximate surface area is 129 Å². The zero-order chi connectivity index (χ0) is 15.9. The summed E-state index contributed by atoms with van der Waals surface area (Å²) in [7, 11) is 0. The minimum Gasteiger partial charge on any atom is -0.508 e. The van der Waals surface area contributed by atoms with E-state index in [1.165, 1.54) is 12.1 Å². The topological polar surface area (TPSA) is 77.8 Å². The molecule has 2 rings (SSSR count). The van der Waals surface area contributed by atoms with Crippen LogP contribution in [-0.2, 0) is 17.8 Å². The van der Waals surface area contributed by atoms with Gasteiger partial charge < -0.3 is 15.3 Å². The van der Waals surface area contributed by atoms with Crippen LogP contribution in [0.2, 0.25) is 0 Å². The number of hydrogen-bond donors (Lipinski definition) is 3. The van der Waals surface area contributed by atoms with Crippen LogP contribution in [0, 0.1) is 0 Å². The molecule has 0 aliphatic carbocycles. The third-order valence-corrected chi connectivity index (χ3v) is 3.33. The number of rotatable bonds is 6. The molecule has 3 N–H and O–H groups in total. The molecule has 0 radical (unpaired) electrons. The molecule has 0 fully saturated rings. The largest absolute Gasteiger partial charge is 0.508 e. The summed E-state index contributed by atoms with van der Waals surface area (Å²) in [5.41, 5.74) is 2.20. The zero-order valence-electron chi connectivity index (χ0n) is 12.1. The van der Waals surface area contributed by atoms with Crippen molar-refractivity contribution < 1.29 is 20.1 Å². The van der Waals surface area contributed by atoms with Gasteiger partial charge in [0.25, 0.3) is 0 Å². The molecule has 0 bridgehead atoms. The van der Waals surface area contributed by atoms with Gasteiger partial charge in [-0.3, -0.25) is 4.79 Å². The molecule has 0 aliphatic heterocycles. The lowest BCUT2D eigenvalue weighted by Gasteiger charge is -2.04. The molecule has 0 atom stereocenters. The van der Waals surface area contributed by atoms with E-state index < -0.39 is 0 Å². The maximum atomic E-state index is 11.8. The zero-order valence-corrected chi connectivity index (χ0v) is 12.1. The summed E-state index contributed by atoms with van der Waals surface area (Å²) < 4.78 is 0. The molecule has 114 valence electrons. The van der Waals surface area contributed by atoms with E-state index >= 15 is 0 Å². The number of aliphatic hydroxyl groups is 1. The fraction of sp³-hybridized carbons (Fsp3) is 0.167. The molecule has 0 amide bonds.